The van der Waals surface area contributed by atoms with Crippen molar-refractivity contribution in [1.82, 2.24) is 0 Å². The molecule has 4 rings (SSSR count). The average molecular weight is 496 g/mol. The zero-order valence-corrected chi connectivity index (χ0v) is 21.1. The molecule has 0 atom stereocenters. The Balaban J connectivity index is 1.64. The first kappa shape index (κ1) is 25.5. The van der Waals surface area contributed by atoms with Gasteiger partial charge in [-0.15, -0.1) is 0 Å². The quantitative estimate of drug-likeness (QED) is 0.234. The number of ether oxygens (including phenoxy) is 3. The monoisotopic (exact) mass is 495 g/mol. The molecule has 188 valence electrons. The zero-order chi connectivity index (χ0) is 26.2. The number of carbonyl (C=O) groups excluding carboxylic acids is 2. The predicted molar refractivity (Wildman–Crippen MR) is 144 cm³/mol. The molecule has 4 aromatic carbocycles. The molecule has 0 aliphatic heterocycles. The second kappa shape index (κ2) is 11.9. The maximum absolute atomic E-state index is 11.2. The number of esters is 2. The Morgan fingerprint density at radius 2 is 0.919 bits per heavy atom. The van der Waals surface area contributed by atoms with Crippen molar-refractivity contribution in [3.05, 3.63) is 108 Å². The molecule has 0 aliphatic rings. The van der Waals surface area contributed by atoms with Crippen LogP contribution in [-0.2, 0) is 32.3 Å². The maximum Gasteiger partial charge on any atom is 0.302 e. The normalized spacial score (nSPS) is 10.5. The van der Waals surface area contributed by atoms with Gasteiger partial charge in [-0.2, -0.15) is 0 Å². The van der Waals surface area contributed by atoms with Crippen molar-refractivity contribution < 1.29 is 23.8 Å². The minimum absolute atomic E-state index is 0.233. The van der Waals surface area contributed by atoms with Crippen molar-refractivity contribution in [1.29, 1.82) is 0 Å². The number of methoxy groups -OCH3 is 1. The van der Waals surface area contributed by atoms with Gasteiger partial charge in [0.2, 0.25) is 0 Å². The van der Waals surface area contributed by atoms with E-state index in [9.17, 15) is 9.59 Å². The Morgan fingerprint density at radius 3 is 1.27 bits per heavy atom. The van der Waals surface area contributed by atoms with Crippen LogP contribution in [0.3, 0.4) is 0 Å². The SMILES string of the molecule is COc1ccc(-c2ccc(N(c3ccc(COC(C)=O)cc3)c3ccc(COC(C)=O)cc3)cc2)cc1. The lowest BCUT2D eigenvalue weighted by Gasteiger charge is -2.26. The minimum atomic E-state index is -0.309. The maximum atomic E-state index is 11.2. The number of carbonyl (C=O) groups is 2. The molecule has 0 aliphatic carbocycles. The lowest BCUT2D eigenvalue weighted by molar-refractivity contribution is -0.143. The number of rotatable bonds is 9. The van der Waals surface area contributed by atoms with Gasteiger partial charge in [-0.25, -0.2) is 0 Å². The van der Waals surface area contributed by atoms with Crippen molar-refractivity contribution in [3.8, 4) is 16.9 Å². The Bertz CT molecular complexity index is 1270. The Labute approximate surface area is 217 Å². The first-order valence-corrected chi connectivity index (χ1v) is 11.9. The summed E-state index contributed by atoms with van der Waals surface area (Å²) in [4.78, 5) is 24.5. The summed E-state index contributed by atoms with van der Waals surface area (Å²) in [5.41, 5.74) is 6.91. The molecule has 0 aromatic heterocycles. The Kier molecular flexibility index (Phi) is 8.21. The highest BCUT2D eigenvalue weighted by Gasteiger charge is 2.13. The largest absolute Gasteiger partial charge is 0.497 e. The second-order valence-electron chi connectivity index (χ2n) is 8.50. The van der Waals surface area contributed by atoms with Gasteiger partial charge >= 0.3 is 11.9 Å². The van der Waals surface area contributed by atoms with E-state index in [0.29, 0.717) is 0 Å². The fourth-order valence-corrected chi connectivity index (χ4v) is 3.89. The first-order chi connectivity index (χ1) is 17.9. The van der Waals surface area contributed by atoms with Gasteiger partial charge in [-0.1, -0.05) is 48.5 Å². The molecule has 0 saturated carbocycles. The van der Waals surface area contributed by atoms with Gasteiger partial charge in [-0.3, -0.25) is 9.59 Å². The standard InChI is InChI=1S/C31H29NO5/c1-22(33)36-20-24-4-12-28(13-5-24)32(29-14-6-25(7-15-29)21-37-23(2)34)30-16-8-26(9-17-30)27-10-18-31(35-3)19-11-27/h4-19H,20-21H2,1-3H3. The van der Waals surface area contributed by atoms with Gasteiger partial charge in [0.15, 0.2) is 0 Å². The van der Waals surface area contributed by atoms with Gasteiger partial charge in [0, 0.05) is 30.9 Å². The summed E-state index contributed by atoms with van der Waals surface area (Å²) in [6.07, 6.45) is 0. The third-order valence-electron chi connectivity index (χ3n) is 5.82. The number of hydrogen-bond donors (Lipinski definition) is 0. The molecular formula is C31H29NO5. The van der Waals surface area contributed by atoms with Crippen LogP contribution < -0.4 is 9.64 Å². The van der Waals surface area contributed by atoms with E-state index in [2.05, 4.69) is 29.2 Å². The molecule has 0 unspecified atom stereocenters. The van der Waals surface area contributed by atoms with Crippen molar-refractivity contribution in [2.75, 3.05) is 12.0 Å². The van der Waals surface area contributed by atoms with Crippen LogP contribution in [0.5, 0.6) is 5.75 Å². The van der Waals surface area contributed by atoms with E-state index in [-0.39, 0.29) is 25.2 Å². The highest BCUT2D eigenvalue weighted by atomic mass is 16.5. The first-order valence-electron chi connectivity index (χ1n) is 11.9. The summed E-state index contributed by atoms with van der Waals surface area (Å²) in [5, 5.41) is 0. The third-order valence-corrected chi connectivity index (χ3v) is 5.82. The molecule has 6 heteroatoms. The summed E-state index contributed by atoms with van der Waals surface area (Å²) in [6, 6.07) is 32.1. The summed E-state index contributed by atoms with van der Waals surface area (Å²) in [7, 11) is 1.66. The van der Waals surface area contributed by atoms with Crippen LogP contribution in [0, 0.1) is 0 Å². The molecule has 0 fully saturated rings. The molecule has 0 amide bonds. The lowest BCUT2D eigenvalue weighted by Crippen LogP contribution is -2.10. The molecule has 37 heavy (non-hydrogen) atoms. The van der Waals surface area contributed by atoms with E-state index >= 15 is 0 Å². The number of benzene rings is 4. The van der Waals surface area contributed by atoms with Crippen LogP contribution in [-0.4, -0.2) is 19.0 Å². The zero-order valence-electron chi connectivity index (χ0n) is 21.1. The van der Waals surface area contributed by atoms with E-state index in [4.69, 9.17) is 14.2 Å². The summed E-state index contributed by atoms with van der Waals surface area (Å²) in [6.45, 7) is 3.27. The fourth-order valence-electron chi connectivity index (χ4n) is 3.89. The van der Waals surface area contributed by atoms with Gasteiger partial charge in [-0.05, 0) is 70.8 Å². The van der Waals surface area contributed by atoms with Gasteiger partial charge in [0.05, 0.1) is 7.11 Å². The second-order valence-corrected chi connectivity index (χ2v) is 8.50. The van der Waals surface area contributed by atoms with E-state index in [0.717, 1.165) is 45.1 Å². The van der Waals surface area contributed by atoms with E-state index in [1.54, 1.807) is 7.11 Å². The van der Waals surface area contributed by atoms with Gasteiger partial charge in [0.1, 0.15) is 19.0 Å². The van der Waals surface area contributed by atoms with Crippen molar-refractivity contribution in [3.63, 3.8) is 0 Å². The van der Waals surface area contributed by atoms with E-state index in [1.165, 1.54) is 13.8 Å². The Hall–Kier alpha value is -4.58. The molecule has 0 spiro atoms. The number of nitrogens with zero attached hydrogens (tertiary/aromatic N) is 1. The van der Waals surface area contributed by atoms with Crippen LogP contribution >= 0.6 is 0 Å². The molecule has 4 aromatic rings. The molecule has 0 bridgehead atoms. The van der Waals surface area contributed by atoms with Gasteiger partial charge < -0.3 is 19.1 Å². The molecular weight excluding hydrogens is 466 g/mol. The van der Waals surface area contributed by atoms with E-state index < -0.39 is 0 Å². The molecule has 0 saturated heterocycles. The lowest BCUT2D eigenvalue weighted by atomic mass is 10.0. The topological polar surface area (TPSA) is 65.1 Å². The van der Waals surface area contributed by atoms with Crippen LogP contribution in [0.4, 0.5) is 17.1 Å². The highest BCUT2D eigenvalue weighted by molar-refractivity contribution is 5.78. The van der Waals surface area contributed by atoms with Crippen molar-refractivity contribution in [2.45, 2.75) is 27.1 Å². The van der Waals surface area contributed by atoms with Crippen molar-refractivity contribution >= 4 is 29.0 Å². The van der Waals surface area contributed by atoms with Crippen LogP contribution in [0.1, 0.15) is 25.0 Å². The average Bonchev–Trinajstić information content (AvgIpc) is 2.93. The molecule has 0 radical (unpaired) electrons. The number of anilines is 3. The number of hydrogen-bond acceptors (Lipinski definition) is 6. The molecule has 0 heterocycles. The summed E-state index contributed by atoms with van der Waals surface area (Å²) in [5.74, 6) is 0.203. The third kappa shape index (κ3) is 6.76. The van der Waals surface area contributed by atoms with Crippen LogP contribution in [0.2, 0.25) is 0 Å². The summed E-state index contributed by atoms with van der Waals surface area (Å²) >= 11 is 0. The molecule has 6 nitrogen and oxygen atoms in total. The highest BCUT2D eigenvalue weighted by Crippen LogP contribution is 2.36. The fraction of sp³-hybridized carbons (Fsp3) is 0.161. The summed E-state index contributed by atoms with van der Waals surface area (Å²) < 4.78 is 15.5. The van der Waals surface area contributed by atoms with Crippen LogP contribution in [0.15, 0.2) is 97.1 Å². The van der Waals surface area contributed by atoms with Gasteiger partial charge in [0.25, 0.3) is 0 Å². The predicted octanol–water partition coefficient (Wildman–Crippen LogP) is 6.96. The smallest absolute Gasteiger partial charge is 0.302 e. The van der Waals surface area contributed by atoms with Crippen LogP contribution in [0.25, 0.3) is 11.1 Å². The van der Waals surface area contributed by atoms with E-state index in [1.807, 2.05) is 72.8 Å². The minimum Gasteiger partial charge on any atom is -0.497 e. The van der Waals surface area contributed by atoms with Crippen molar-refractivity contribution in [2.24, 2.45) is 0 Å². The molecule has 0 N–H and O–H groups in total. The Morgan fingerprint density at radius 1 is 0.568 bits per heavy atom.